The van der Waals surface area contributed by atoms with Crippen molar-refractivity contribution in [2.75, 3.05) is 13.7 Å². The topological polar surface area (TPSA) is 21.3 Å². The molecular weight excluding hydrogens is 314 g/mol. The second-order valence-electron chi connectivity index (χ2n) is 5.88. The van der Waals surface area contributed by atoms with Gasteiger partial charge in [-0.3, -0.25) is 0 Å². The van der Waals surface area contributed by atoms with Gasteiger partial charge in [-0.1, -0.05) is 42.5 Å². The normalized spacial score (nSPS) is 12.1. The highest BCUT2D eigenvalue weighted by Gasteiger charge is 2.08. The number of rotatable bonds is 7. The molecule has 3 heteroatoms. The average Bonchev–Trinajstić information content (AvgIpc) is 3.15. The van der Waals surface area contributed by atoms with Gasteiger partial charge in [0.2, 0.25) is 0 Å². The van der Waals surface area contributed by atoms with Gasteiger partial charge in [-0.05, 0) is 59.5 Å². The predicted octanol–water partition coefficient (Wildman–Crippen LogP) is 5.32. The summed E-state index contributed by atoms with van der Waals surface area (Å²) < 4.78 is 5.45. The van der Waals surface area contributed by atoms with Crippen LogP contribution in [0.1, 0.15) is 24.1 Å². The minimum atomic E-state index is 0.343. The zero-order chi connectivity index (χ0) is 16.8. The minimum Gasteiger partial charge on any atom is -0.496 e. The first-order chi connectivity index (χ1) is 11.8. The maximum atomic E-state index is 5.45. The highest BCUT2D eigenvalue weighted by molar-refractivity contribution is 7.07. The van der Waals surface area contributed by atoms with Crippen LogP contribution in [0.2, 0.25) is 0 Å². The van der Waals surface area contributed by atoms with Gasteiger partial charge >= 0.3 is 0 Å². The molecule has 0 spiro atoms. The SMILES string of the molecule is COc1ccccc1-c1ccc(C(C)NCCc2ccsc2)cc1. The van der Waals surface area contributed by atoms with E-state index >= 15 is 0 Å². The Bertz CT molecular complexity index is 750. The largest absolute Gasteiger partial charge is 0.496 e. The molecule has 3 aromatic rings. The zero-order valence-electron chi connectivity index (χ0n) is 14.2. The third kappa shape index (κ3) is 4.05. The molecule has 0 radical (unpaired) electrons. The standard InChI is InChI=1S/C21H23NOS/c1-16(22-13-11-17-12-14-24-15-17)18-7-9-19(10-8-18)20-5-3-4-6-21(20)23-2/h3-10,12,14-16,22H,11,13H2,1-2H3. The van der Waals surface area contributed by atoms with E-state index in [9.17, 15) is 0 Å². The van der Waals surface area contributed by atoms with E-state index in [4.69, 9.17) is 4.74 Å². The molecule has 1 aromatic heterocycles. The molecule has 0 aliphatic heterocycles. The van der Waals surface area contributed by atoms with Gasteiger partial charge < -0.3 is 10.1 Å². The monoisotopic (exact) mass is 337 g/mol. The second-order valence-corrected chi connectivity index (χ2v) is 6.66. The molecule has 1 atom stereocenters. The number of nitrogens with one attached hydrogen (secondary N) is 1. The zero-order valence-corrected chi connectivity index (χ0v) is 15.0. The van der Waals surface area contributed by atoms with Crippen LogP contribution in [-0.4, -0.2) is 13.7 Å². The highest BCUT2D eigenvalue weighted by atomic mass is 32.1. The molecule has 1 heterocycles. The fraction of sp³-hybridized carbons (Fsp3) is 0.238. The van der Waals surface area contributed by atoms with Crippen molar-refractivity contribution >= 4 is 11.3 Å². The fourth-order valence-corrected chi connectivity index (χ4v) is 3.52. The molecule has 24 heavy (non-hydrogen) atoms. The molecule has 0 amide bonds. The van der Waals surface area contributed by atoms with Crippen LogP contribution in [0.4, 0.5) is 0 Å². The molecule has 0 saturated heterocycles. The number of hydrogen-bond acceptors (Lipinski definition) is 3. The Morgan fingerprint density at radius 3 is 2.54 bits per heavy atom. The lowest BCUT2D eigenvalue weighted by molar-refractivity contribution is 0.416. The Labute approximate surface area is 148 Å². The summed E-state index contributed by atoms with van der Waals surface area (Å²) in [7, 11) is 1.71. The first-order valence-corrected chi connectivity index (χ1v) is 9.20. The van der Waals surface area contributed by atoms with Crippen molar-refractivity contribution in [1.82, 2.24) is 5.32 Å². The van der Waals surface area contributed by atoms with Crippen LogP contribution in [-0.2, 0) is 6.42 Å². The van der Waals surface area contributed by atoms with E-state index in [0.29, 0.717) is 6.04 Å². The van der Waals surface area contributed by atoms with E-state index < -0.39 is 0 Å². The van der Waals surface area contributed by atoms with Crippen LogP contribution in [0.15, 0.2) is 65.4 Å². The summed E-state index contributed by atoms with van der Waals surface area (Å²) in [6, 6.07) is 19.4. The van der Waals surface area contributed by atoms with E-state index in [0.717, 1.165) is 24.3 Å². The maximum Gasteiger partial charge on any atom is 0.126 e. The van der Waals surface area contributed by atoms with Gasteiger partial charge in [0, 0.05) is 11.6 Å². The van der Waals surface area contributed by atoms with Crippen molar-refractivity contribution in [2.24, 2.45) is 0 Å². The first-order valence-electron chi connectivity index (χ1n) is 8.25. The molecular formula is C21H23NOS. The Kier molecular flexibility index (Phi) is 5.68. The molecule has 0 bridgehead atoms. The fourth-order valence-electron chi connectivity index (χ4n) is 2.82. The molecule has 3 rings (SSSR count). The van der Waals surface area contributed by atoms with Crippen molar-refractivity contribution in [3.63, 3.8) is 0 Å². The predicted molar refractivity (Wildman–Crippen MR) is 103 cm³/mol. The van der Waals surface area contributed by atoms with Gasteiger partial charge in [0.15, 0.2) is 0 Å². The molecule has 0 aliphatic carbocycles. The summed E-state index contributed by atoms with van der Waals surface area (Å²) in [6.07, 6.45) is 1.08. The van der Waals surface area contributed by atoms with Crippen molar-refractivity contribution < 1.29 is 4.74 Å². The second kappa shape index (κ2) is 8.13. The van der Waals surface area contributed by atoms with Gasteiger partial charge in [-0.15, -0.1) is 0 Å². The first kappa shape index (κ1) is 16.7. The van der Waals surface area contributed by atoms with E-state index in [1.807, 2.05) is 18.2 Å². The Hall–Kier alpha value is -2.10. The van der Waals surface area contributed by atoms with Gasteiger partial charge in [-0.25, -0.2) is 0 Å². The van der Waals surface area contributed by atoms with Crippen LogP contribution < -0.4 is 10.1 Å². The van der Waals surface area contributed by atoms with Crippen molar-refractivity contribution in [2.45, 2.75) is 19.4 Å². The lowest BCUT2D eigenvalue weighted by atomic mass is 10.0. The smallest absolute Gasteiger partial charge is 0.126 e. The maximum absolute atomic E-state index is 5.45. The van der Waals surface area contributed by atoms with Crippen LogP contribution >= 0.6 is 11.3 Å². The highest BCUT2D eigenvalue weighted by Crippen LogP contribution is 2.30. The lowest BCUT2D eigenvalue weighted by Crippen LogP contribution is -2.21. The molecule has 0 fully saturated rings. The van der Waals surface area contributed by atoms with Crippen LogP contribution in [0, 0.1) is 0 Å². The van der Waals surface area contributed by atoms with Crippen LogP contribution in [0.5, 0.6) is 5.75 Å². The minimum absolute atomic E-state index is 0.343. The van der Waals surface area contributed by atoms with E-state index in [2.05, 4.69) is 59.4 Å². The van der Waals surface area contributed by atoms with Crippen molar-refractivity contribution in [3.05, 3.63) is 76.5 Å². The number of hydrogen-bond donors (Lipinski definition) is 1. The van der Waals surface area contributed by atoms with Crippen LogP contribution in [0.25, 0.3) is 11.1 Å². The van der Waals surface area contributed by atoms with Gasteiger partial charge in [0.05, 0.1) is 7.11 Å². The average molecular weight is 337 g/mol. The quantitative estimate of drug-likeness (QED) is 0.630. The molecule has 0 aliphatic rings. The van der Waals surface area contributed by atoms with Gasteiger partial charge in [0.1, 0.15) is 5.75 Å². The number of ether oxygens (including phenoxy) is 1. The van der Waals surface area contributed by atoms with E-state index in [1.54, 1.807) is 18.4 Å². The van der Waals surface area contributed by atoms with Crippen molar-refractivity contribution in [1.29, 1.82) is 0 Å². The van der Waals surface area contributed by atoms with Gasteiger partial charge in [-0.2, -0.15) is 11.3 Å². The number of benzene rings is 2. The Morgan fingerprint density at radius 1 is 1.04 bits per heavy atom. The van der Waals surface area contributed by atoms with Crippen LogP contribution in [0.3, 0.4) is 0 Å². The molecule has 1 N–H and O–H groups in total. The summed E-state index contributed by atoms with van der Waals surface area (Å²) in [5.41, 5.74) is 5.02. The molecule has 2 aromatic carbocycles. The van der Waals surface area contributed by atoms with E-state index in [-0.39, 0.29) is 0 Å². The summed E-state index contributed by atoms with van der Waals surface area (Å²) in [4.78, 5) is 0. The van der Waals surface area contributed by atoms with Gasteiger partial charge in [0.25, 0.3) is 0 Å². The summed E-state index contributed by atoms with van der Waals surface area (Å²) in [5, 5.41) is 7.95. The number of methoxy groups -OCH3 is 1. The Balaban J connectivity index is 1.63. The van der Waals surface area contributed by atoms with E-state index in [1.165, 1.54) is 16.7 Å². The summed E-state index contributed by atoms with van der Waals surface area (Å²) in [6.45, 7) is 3.21. The number of para-hydroxylation sites is 1. The molecule has 2 nitrogen and oxygen atoms in total. The van der Waals surface area contributed by atoms with Crippen molar-refractivity contribution in [3.8, 4) is 16.9 Å². The Morgan fingerprint density at radius 2 is 1.83 bits per heavy atom. The molecule has 124 valence electrons. The third-order valence-corrected chi connectivity index (χ3v) is 5.01. The number of thiophene rings is 1. The lowest BCUT2D eigenvalue weighted by Gasteiger charge is -2.15. The molecule has 1 unspecified atom stereocenters. The summed E-state index contributed by atoms with van der Waals surface area (Å²) in [5.74, 6) is 0.909. The molecule has 0 saturated carbocycles. The third-order valence-electron chi connectivity index (χ3n) is 4.27. The summed E-state index contributed by atoms with van der Waals surface area (Å²) >= 11 is 1.76.